The van der Waals surface area contributed by atoms with Gasteiger partial charge >= 0.3 is 0 Å². The summed E-state index contributed by atoms with van der Waals surface area (Å²) in [5.41, 5.74) is 1.44. The van der Waals surface area contributed by atoms with E-state index in [1.165, 1.54) is 11.8 Å². The van der Waals surface area contributed by atoms with Crippen molar-refractivity contribution in [3.8, 4) is 11.5 Å². The molecule has 1 saturated heterocycles. The van der Waals surface area contributed by atoms with E-state index in [1.807, 2.05) is 43.3 Å². The number of thioether (sulfide) groups is 1. The third kappa shape index (κ3) is 4.69. The van der Waals surface area contributed by atoms with E-state index < -0.39 is 5.25 Å². The van der Waals surface area contributed by atoms with Crippen molar-refractivity contribution in [2.24, 2.45) is 0 Å². The van der Waals surface area contributed by atoms with Gasteiger partial charge in [0, 0.05) is 13.2 Å². The van der Waals surface area contributed by atoms with Crippen LogP contribution in [0.1, 0.15) is 25.3 Å². The summed E-state index contributed by atoms with van der Waals surface area (Å²) in [6.07, 6.45) is 1.89. The Morgan fingerprint density at radius 1 is 1.24 bits per heavy atom. The Bertz CT molecular complexity index is 1240. The van der Waals surface area contributed by atoms with E-state index in [9.17, 15) is 9.59 Å². The minimum atomic E-state index is -0.442. The lowest BCUT2D eigenvalue weighted by molar-refractivity contribution is -0.120. The van der Waals surface area contributed by atoms with Crippen molar-refractivity contribution in [2.75, 3.05) is 13.4 Å². The molecule has 1 N–H and O–H groups in total. The quantitative estimate of drug-likeness (QED) is 0.422. The molecule has 172 valence electrons. The van der Waals surface area contributed by atoms with Crippen molar-refractivity contribution >= 4 is 28.6 Å². The molecule has 0 radical (unpaired) electrons. The van der Waals surface area contributed by atoms with Gasteiger partial charge < -0.3 is 19.5 Å². The van der Waals surface area contributed by atoms with Crippen LogP contribution >= 0.6 is 11.8 Å². The van der Waals surface area contributed by atoms with E-state index in [0.29, 0.717) is 47.3 Å². The van der Waals surface area contributed by atoms with Gasteiger partial charge in [-0.3, -0.25) is 14.2 Å². The lowest BCUT2D eigenvalue weighted by Crippen LogP contribution is -2.33. The molecule has 2 aromatic carbocycles. The highest BCUT2D eigenvalue weighted by atomic mass is 32.2. The van der Waals surface area contributed by atoms with Crippen molar-refractivity contribution in [3.63, 3.8) is 0 Å². The number of carbonyl (C=O) groups is 1. The Labute approximate surface area is 195 Å². The second-order valence-electron chi connectivity index (χ2n) is 8.13. The number of nitrogens with zero attached hydrogens (tertiary/aromatic N) is 2. The van der Waals surface area contributed by atoms with E-state index in [4.69, 9.17) is 19.2 Å². The standard InChI is InChI=1S/C24H25N3O5S/c1-15(22(28)25-12-16-8-9-20-21(11-16)32-14-31-20)33-24-26-19-7-3-2-6-18(19)23(29)27(24)13-17-5-4-10-30-17/h2-3,6-9,11,15,17H,4-5,10,12-14H2,1H3,(H,25,28)/t15-,17-/m0/s1. The number of para-hydroxylation sites is 1. The normalized spacial score (nSPS) is 17.9. The van der Waals surface area contributed by atoms with Gasteiger partial charge in [-0.05, 0) is 49.6 Å². The smallest absolute Gasteiger partial charge is 0.262 e. The van der Waals surface area contributed by atoms with Gasteiger partial charge in [0.25, 0.3) is 5.56 Å². The zero-order valence-corrected chi connectivity index (χ0v) is 19.1. The van der Waals surface area contributed by atoms with Crippen LogP contribution in [0.2, 0.25) is 0 Å². The molecule has 0 bridgehead atoms. The Morgan fingerprint density at radius 2 is 2.09 bits per heavy atom. The number of fused-ring (bicyclic) bond motifs is 2. The second kappa shape index (κ2) is 9.44. The number of nitrogens with one attached hydrogen (secondary N) is 1. The first-order valence-electron chi connectivity index (χ1n) is 11.0. The third-order valence-electron chi connectivity index (χ3n) is 5.79. The lowest BCUT2D eigenvalue weighted by Gasteiger charge is -2.18. The van der Waals surface area contributed by atoms with Crippen molar-refractivity contribution in [2.45, 2.75) is 49.4 Å². The van der Waals surface area contributed by atoms with Crippen LogP contribution in [0, 0.1) is 0 Å². The van der Waals surface area contributed by atoms with Gasteiger partial charge in [-0.2, -0.15) is 0 Å². The molecule has 1 aromatic heterocycles. The average molecular weight is 468 g/mol. The molecule has 1 amide bonds. The molecule has 3 aromatic rings. The molecule has 2 aliphatic rings. The summed E-state index contributed by atoms with van der Waals surface area (Å²) in [5, 5.41) is 3.61. The van der Waals surface area contributed by atoms with Gasteiger partial charge in [-0.25, -0.2) is 4.98 Å². The largest absolute Gasteiger partial charge is 0.454 e. The van der Waals surface area contributed by atoms with Crippen LogP contribution in [0.3, 0.4) is 0 Å². The van der Waals surface area contributed by atoms with Gasteiger partial charge in [-0.1, -0.05) is 30.0 Å². The number of amides is 1. The highest BCUT2D eigenvalue weighted by Gasteiger charge is 2.23. The zero-order valence-electron chi connectivity index (χ0n) is 18.3. The fraction of sp³-hybridized carbons (Fsp3) is 0.375. The molecule has 0 saturated carbocycles. The molecule has 5 rings (SSSR count). The van der Waals surface area contributed by atoms with Crippen LogP contribution in [0.4, 0.5) is 0 Å². The molecule has 1 fully saturated rings. The lowest BCUT2D eigenvalue weighted by atomic mass is 10.2. The zero-order chi connectivity index (χ0) is 22.8. The Hall–Kier alpha value is -3.04. The first kappa shape index (κ1) is 21.8. The Balaban J connectivity index is 1.32. The van der Waals surface area contributed by atoms with Crippen molar-refractivity contribution in [1.82, 2.24) is 14.9 Å². The van der Waals surface area contributed by atoms with Crippen LogP contribution in [0.25, 0.3) is 10.9 Å². The molecule has 33 heavy (non-hydrogen) atoms. The van der Waals surface area contributed by atoms with Gasteiger partial charge in [0.2, 0.25) is 12.7 Å². The highest BCUT2D eigenvalue weighted by molar-refractivity contribution is 8.00. The Kier molecular flexibility index (Phi) is 6.24. The summed E-state index contributed by atoms with van der Waals surface area (Å²) in [7, 11) is 0. The van der Waals surface area contributed by atoms with E-state index in [0.717, 1.165) is 18.4 Å². The van der Waals surface area contributed by atoms with Gasteiger partial charge in [0.15, 0.2) is 16.7 Å². The van der Waals surface area contributed by atoms with E-state index in [-0.39, 0.29) is 24.4 Å². The van der Waals surface area contributed by atoms with Gasteiger partial charge in [0.05, 0.1) is 28.8 Å². The predicted molar refractivity (Wildman–Crippen MR) is 125 cm³/mol. The molecular weight excluding hydrogens is 442 g/mol. The molecule has 2 atom stereocenters. The summed E-state index contributed by atoms with van der Waals surface area (Å²) in [4.78, 5) is 30.8. The third-order valence-corrected chi connectivity index (χ3v) is 6.88. The van der Waals surface area contributed by atoms with Crippen LogP contribution in [0.5, 0.6) is 11.5 Å². The summed E-state index contributed by atoms with van der Waals surface area (Å²) >= 11 is 1.29. The average Bonchev–Trinajstić information content (AvgIpc) is 3.51. The summed E-state index contributed by atoms with van der Waals surface area (Å²) in [6, 6.07) is 12.9. The molecule has 3 heterocycles. The summed E-state index contributed by atoms with van der Waals surface area (Å²) in [5.74, 6) is 1.26. The molecule has 0 unspecified atom stereocenters. The number of hydrogen-bond donors (Lipinski definition) is 1. The summed E-state index contributed by atoms with van der Waals surface area (Å²) < 4.78 is 18.1. The minimum absolute atomic E-state index is 0.0137. The maximum atomic E-state index is 13.2. The molecule has 0 spiro atoms. The SMILES string of the molecule is C[C@H](Sc1nc2ccccc2c(=O)n1C[C@@H]1CCCO1)C(=O)NCc1ccc2c(c1)OCO2. The van der Waals surface area contributed by atoms with E-state index in [2.05, 4.69) is 5.32 Å². The summed E-state index contributed by atoms with van der Waals surface area (Å²) in [6.45, 7) is 3.54. The fourth-order valence-electron chi connectivity index (χ4n) is 3.99. The Morgan fingerprint density at radius 3 is 2.94 bits per heavy atom. The van der Waals surface area contributed by atoms with Crippen LogP contribution in [-0.4, -0.2) is 40.2 Å². The van der Waals surface area contributed by atoms with E-state index >= 15 is 0 Å². The van der Waals surface area contributed by atoms with Crippen LogP contribution in [0.15, 0.2) is 52.4 Å². The van der Waals surface area contributed by atoms with Crippen molar-refractivity contribution in [1.29, 1.82) is 0 Å². The second-order valence-corrected chi connectivity index (χ2v) is 9.44. The first-order valence-corrected chi connectivity index (χ1v) is 11.9. The molecule has 0 aliphatic carbocycles. The number of aromatic nitrogens is 2. The number of carbonyl (C=O) groups excluding carboxylic acids is 1. The molecule has 9 heteroatoms. The van der Waals surface area contributed by atoms with Crippen molar-refractivity contribution < 1.29 is 19.0 Å². The maximum absolute atomic E-state index is 13.2. The van der Waals surface area contributed by atoms with Crippen LogP contribution in [-0.2, 0) is 22.6 Å². The topological polar surface area (TPSA) is 91.7 Å². The number of rotatable bonds is 7. The van der Waals surface area contributed by atoms with Crippen LogP contribution < -0.4 is 20.3 Å². The molecule has 8 nitrogen and oxygen atoms in total. The number of ether oxygens (including phenoxy) is 3. The maximum Gasteiger partial charge on any atom is 0.262 e. The molecular formula is C24H25N3O5S. The fourth-order valence-corrected chi connectivity index (χ4v) is 4.93. The first-order chi connectivity index (χ1) is 16.1. The predicted octanol–water partition coefficient (Wildman–Crippen LogP) is 3.10. The highest BCUT2D eigenvalue weighted by Crippen LogP contribution is 2.32. The van der Waals surface area contributed by atoms with Crippen molar-refractivity contribution in [3.05, 3.63) is 58.4 Å². The number of benzene rings is 2. The van der Waals surface area contributed by atoms with E-state index in [1.54, 1.807) is 10.6 Å². The number of hydrogen-bond acceptors (Lipinski definition) is 7. The van der Waals surface area contributed by atoms with Gasteiger partial charge in [-0.15, -0.1) is 0 Å². The monoisotopic (exact) mass is 467 g/mol. The molecule has 2 aliphatic heterocycles. The minimum Gasteiger partial charge on any atom is -0.454 e. The van der Waals surface area contributed by atoms with Gasteiger partial charge in [0.1, 0.15) is 0 Å².